The van der Waals surface area contributed by atoms with Crippen LogP contribution in [0.4, 0.5) is 0 Å². The molecule has 0 aliphatic rings. The van der Waals surface area contributed by atoms with Crippen molar-refractivity contribution in [1.29, 1.82) is 0 Å². The summed E-state index contributed by atoms with van der Waals surface area (Å²) < 4.78 is 10.9. The van der Waals surface area contributed by atoms with Crippen LogP contribution >= 0.6 is 0 Å². The van der Waals surface area contributed by atoms with E-state index in [1.807, 2.05) is 44.2 Å². The summed E-state index contributed by atoms with van der Waals surface area (Å²) in [5.41, 5.74) is 2.02. The van der Waals surface area contributed by atoms with Crippen molar-refractivity contribution in [2.75, 3.05) is 13.2 Å². The maximum atomic E-state index is 5.64. The molecule has 0 saturated carbocycles. The molecule has 1 aromatic heterocycles. The Bertz CT molecular complexity index is 652. The average Bonchev–Trinajstić information content (AvgIpc) is 3.07. The summed E-state index contributed by atoms with van der Waals surface area (Å²) in [6.07, 6.45) is 0.867. The molecule has 24 heavy (non-hydrogen) atoms. The lowest BCUT2D eigenvalue weighted by Crippen LogP contribution is -2.36. The number of aryl methyl sites for hydroxylation is 1. The van der Waals surface area contributed by atoms with Crippen molar-refractivity contribution in [3.05, 3.63) is 47.3 Å². The molecule has 6 nitrogen and oxygen atoms in total. The zero-order chi connectivity index (χ0) is 17.2. The van der Waals surface area contributed by atoms with Crippen LogP contribution in [0.15, 0.2) is 39.8 Å². The Hall–Kier alpha value is -2.50. The second-order valence-corrected chi connectivity index (χ2v) is 5.23. The van der Waals surface area contributed by atoms with Crippen LogP contribution in [0.2, 0.25) is 0 Å². The van der Waals surface area contributed by atoms with Gasteiger partial charge in [-0.2, -0.15) is 0 Å². The van der Waals surface area contributed by atoms with E-state index in [4.69, 9.17) is 9.26 Å². The van der Waals surface area contributed by atoms with Crippen LogP contribution in [0.1, 0.15) is 37.8 Å². The first kappa shape index (κ1) is 17.8. The van der Waals surface area contributed by atoms with Crippen LogP contribution in [0.25, 0.3) is 0 Å². The van der Waals surface area contributed by atoms with Gasteiger partial charge in [-0.05, 0) is 26.3 Å². The minimum atomic E-state index is 0.544. The number of ether oxygens (including phenoxy) is 1. The molecule has 6 heteroatoms. The largest absolute Gasteiger partial charge is 0.494 e. The Morgan fingerprint density at radius 1 is 1.21 bits per heavy atom. The second kappa shape index (κ2) is 9.60. The molecule has 130 valence electrons. The summed E-state index contributed by atoms with van der Waals surface area (Å²) in [7, 11) is 0. The van der Waals surface area contributed by atoms with Gasteiger partial charge in [-0.3, -0.25) is 0 Å². The molecule has 0 aliphatic carbocycles. The van der Waals surface area contributed by atoms with Crippen LogP contribution in [-0.2, 0) is 19.5 Å². The molecular formula is C18H26N4O2. The fourth-order valence-corrected chi connectivity index (χ4v) is 2.21. The third-order valence-electron chi connectivity index (χ3n) is 3.42. The van der Waals surface area contributed by atoms with Gasteiger partial charge in [-0.1, -0.05) is 30.3 Å². The Labute approximate surface area is 143 Å². The Morgan fingerprint density at radius 2 is 2.04 bits per heavy atom. The van der Waals surface area contributed by atoms with E-state index in [9.17, 15) is 0 Å². The lowest BCUT2D eigenvalue weighted by atomic mass is 10.2. The zero-order valence-corrected chi connectivity index (χ0v) is 14.6. The molecule has 2 aromatic rings. The van der Waals surface area contributed by atoms with Gasteiger partial charge in [0.1, 0.15) is 5.75 Å². The van der Waals surface area contributed by atoms with Crippen LogP contribution in [-0.4, -0.2) is 24.3 Å². The van der Waals surface area contributed by atoms with E-state index in [-0.39, 0.29) is 0 Å². The molecule has 0 aliphatic heterocycles. The lowest BCUT2D eigenvalue weighted by molar-refractivity contribution is 0.336. The molecule has 2 N–H and O–H groups in total. The fourth-order valence-electron chi connectivity index (χ4n) is 2.21. The van der Waals surface area contributed by atoms with Crippen molar-refractivity contribution in [3.8, 4) is 5.75 Å². The van der Waals surface area contributed by atoms with E-state index in [1.165, 1.54) is 0 Å². The molecule has 0 amide bonds. The molecule has 1 aromatic carbocycles. The molecular weight excluding hydrogens is 304 g/mol. The molecule has 1 heterocycles. The van der Waals surface area contributed by atoms with Crippen molar-refractivity contribution >= 4 is 5.96 Å². The molecule has 0 bridgehead atoms. The van der Waals surface area contributed by atoms with Crippen LogP contribution in [0, 0.1) is 0 Å². The van der Waals surface area contributed by atoms with E-state index in [2.05, 4.69) is 27.7 Å². The number of aliphatic imine (C=N–C) groups is 1. The number of hydrogen-bond donors (Lipinski definition) is 2. The van der Waals surface area contributed by atoms with Crippen molar-refractivity contribution in [3.63, 3.8) is 0 Å². The molecule has 0 fully saturated rings. The van der Waals surface area contributed by atoms with Crippen LogP contribution in [0.5, 0.6) is 5.75 Å². The number of rotatable bonds is 8. The summed E-state index contributed by atoms with van der Waals surface area (Å²) in [5, 5.41) is 10.5. The first-order valence-electron chi connectivity index (χ1n) is 8.44. The zero-order valence-electron chi connectivity index (χ0n) is 14.6. The number of guanidine groups is 1. The highest BCUT2D eigenvalue weighted by Crippen LogP contribution is 2.18. The number of nitrogens with one attached hydrogen (secondary N) is 2. The van der Waals surface area contributed by atoms with Gasteiger partial charge >= 0.3 is 0 Å². The third kappa shape index (κ3) is 5.30. The normalized spacial score (nSPS) is 11.4. The molecule has 0 atom stereocenters. The van der Waals surface area contributed by atoms with Gasteiger partial charge in [-0.25, -0.2) is 4.99 Å². The predicted molar refractivity (Wildman–Crippen MR) is 95.1 cm³/mol. The highest BCUT2D eigenvalue weighted by atomic mass is 16.5. The van der Waals surface area contributed by atoms with Crippen molar-refractivity contribution in [2.24, 2.45) is 4.99 Å². The minimum Gasteiger partial charge on any atom is -0.494 e. The van der Waals surface area contributed by atoms with Crippen LogP contribution < -0.4 is 15.4 Å². The fraction of sp³-hybridized carbons (Fsp3) is 0.444. The summed E-state index contributed by atoms with van der Waals surface area (Å²) in [5.74, 6) is 2.41. The molecule has 0 radical (unpaired) electrons. The van der Waals surface area contributed by atoms with E-state index in [0.717, 1.165) is 41.7 Å². The van der Waals surface area contributed by atoms with Gasteiger partial charge in [0.25, 0.3) is 0 Å². The Kier molecular flexibility index (Phi) is 7.14. The quantitative estimate of drug-likeness (QED) is 0.575. The van der Waals surface area contributed by atoms with Gasteiger partial charge in [0.15, 0.2) is 11.7 Å². The molecule has 0 spiro atoms. The highest BCUT2D eigenvalue weighted by Gasteiger charge is 2.05. The highest BCUT2D eigenvalue weighted by molar-refractivity contribution is 5.79. The first-order chi connectivity index (χ1) is 11.8. The minimum absolute atomic E-state index is 0.544. The monoisotopic (exact) mass is 330 g/mol. The summed E-state index contributed by atoms with van der Waals surface area (Å²) in [6.45, 7) is 8.59. The smallest absolute Gasteiger partial charge is 0.191 e. The van der Waals surface area contributed by atoms with Gasteiger partial charge in [0.05, 0.1) is 25.4 Å². The Balaban J connectivity index is 1.99. The van der Waals surface area contributed by atoms with Crippen molar-refractivity contribution < 1.29 is 9.26 Å². The maximum Gasteiger partial charge on any atom is 0.191 e. The van der Waals surface area contributed by atoms with Crippen LogP contribution in [0.3, 0.4) is 0 Å². The van der Waals surface area contributed by atoms with E-state index in [0.29, 0.717) is 19.7 Å². The topological polar surface area (TPSA) is 71.7 Å². The van der Waals surface area contributed by atoms with Gasteiger partial charge in [0, 0.05) is 18.2 Å². The number of para-hydroxylation sites is 1. The lowest BCUT2D eigenvalue weighted by Gasteiger charge is -2.11. The SMILES string of the molecule is CCNC(=NCc1ccccc1OCC)NCc1cc(CC)no1. The first-order valence-corrected chi connectivity index (χ1v) is 8.44. The van der Waals surface area contributed by atoms with Crippen molar-refractivity contribution in [2.45, 2.75) is 40.3 Å². The number of hydrogen-bond acceptors (Lipinski definition) is 4. The van der Waals surface area contributed by atoms with E-state index < -0.39 is 0 Å². The summed E-state index contributed by atoms with van der Waals surface area (Å²) in [6, 6.07) is 9.92. The van der Waals surface area contributed by atoms with E-state index >= 15 is 0 Å². The maximum absolute atomic E-state index is 5.64. The standard InChI is InChI=1S/C18H26N4O2/c1-4-15-11-16(24-22-15)13-21-18(19-5-2)20-12-14-9-7-8-10-17(14)23-6-3/h7-11H,4-6,12-13H2,1-3H3,(H2,19,20,21). The number of aromatic nitrogens is 1. The van der Waals surface area contributed by atoms with Crippen molar-refractivity contribution in [1.82, 2.24) is 15.8 Å². The average molecular weight is 330 g/mol. The Morgan fingerprint density at radius 3 is 2.75 bits per heavy atom. The summed E-state index contributed by atoms with van der Waals surface area (Å²) in [4.78, 5) is 4.62. The molecule has 0 unspecified atom stereocenters. The number of nitrogens with zero attached hydrogens (tertiary/aromatic N) is 2. The number of benzene rings is 1. The van der Waals surface area contributed by atoms with Gasteiger partial charge in [-0.15, -0.1) is 0 Å². The second-order valence-electron chi connectivity index (χ2n) is 5.23. The van der Waals surface area contributed by atoms with Gasteiger partial charge < -0.3 is 19.9 Å². The molecule has 0 saturated heterocycles. The predicted octanol–water partition coefficient (Wildman–Crippen LogP) is 2.89. The summed E-state index contributed by atoms with van der Waals surface area (Å²) >= 11 is 0. The molecule has 2 rings (SSSR count). The van der Waals surface area contributed by atoms with E-state index in [1.54, 1.807) is 0 Å². The third-order valence-corrected chi connectivity index (χ3v) is 3.42. The van der Waals surface area contributed by atoms with Gasteiger partial charge in [0.2, 0.25) is 0 Å².